The zero-order valence-corrected chi connectivity index (χ0v) is 25.1. The van der Waals surface area contributed by atoms with Crippen molar-refractivity contribution in [2.24, 2.45) is 0 Å². The molecule has 2 aliphatic heterocycles. The van der Waals surface area contributed by atoms with Gasteiger partial charge in [-0.3, -0.25) is 9.59 Å². The van der Waals surface area contributed by atoms with Crippen LogP contribution in [-0.2, 0) is 47.6 Å². The van der Waals surface area contributed by atoms with Crippen LogP contribution >= 0.6 is 0 Å². The number of rotatable bonds is 9. The molecule has 0 unspecified atom stereocenters. The summed E-state index contributed by atoms with van der Waals surface area (Å²) in [5.74, 6) is -0.896. The fraction of sp³-hybridized carbons (Fsp3) is 0.867. The van der Waals surface area contributed by atoms with E-state index >= 15 is 0 Å². The Hall–Kier alpha value is -2.20. The predicted molar refractivity (Wildman–Crippen MR) is 151 cm³/mol. The van der Waals surface area contributed by atoms with Crippen LogP contribution in [0.5, 0.6) is 0 Å². The summed E-state index contributed by atoms with van der Waals surface area (Å²) in [7, 11) is 1.29. The van der Waals surface area contributed by atoms with E-state index in [9.17, 15) is 19.2 Å². The highest BCUT2D eigenvalue weighted by atomic mass is 16.6. The van der Waals surface area contributed by atoms with Gasteiger partial charge in [0.05, 0.1) is 26.9 Å². The molecule has 0 spiro atoms. The average molecular weight is 575 g/mol. The maximum absolute atomic E-state index is 11.4. The van der Waals surface area contributed by atoms with Gasteiger partial charge in [0.15, 0.2) is 0 Å². The molecule has 0 aromatic carbocycles. The Morgan fingerprint density at radius 3 is 1.82 bits per heavy atom. The molecule has 2 saturated heterocycles. The van der Waals surface area contributed by atoms with Crippen molar-refractivity contribution in [2.45, 2.75) is 116 Å². The van der Waals surface area contributed by atoms with Crippen molar-refractivity contribution in [1.82, 2.24) is 0 Å². The molecule has 0 saturated carbocycles. The largest absolute Gasteiger partial charge is 0.467 e. The molecule has 2 fully saturated rings. The molecule has 2 heterocycles. The average Bonchev–Trinajstić information content (AvgIpc) is 2.95. The van der Waals surface area contributed by atoms with Gasteiger partial charge in [-0.2, -0.15) is 0 Å². The number of methoxy groups -OCH3 is 1. The van der Waals surface area contributed by atoms with E-state index in [4.69, 9.17) is 18.9 Å². The van der Waals surface area contributed by atoms with E-state index in [0.717, 1.165) is 32.1 Å². The second-order valence-corrected chi connectivity index (χ2v) is 9.79. The van der Waals surface area contributed by atoms with Crippen LogP contribution in [0.1, 0.15) is 116 Å². The molecule has 0 aromatic rings. The summed E-state index contributed by atoms with van der Waals surface area (Å²) < 4.78 is 28.6. The lowest BCUT2D eigenvalue weighted by Gasteiger charge is -2.09. The highest BCUT2D eigenvalue weighted by Crippen LogP contribution is 2.13. The van der Waals surface area contributed by atoms with E-state index in [-0.39, 0.29) is 44.3 Å². The third kappa shape index (κ3) is 28.8. The van der Waals surface area contributed by atoms with Crippen LogP contribution in [0.25, 0.3) is 0 Å². The van der Waals surface area contributed by atoms with E-state index in [1.807, 2.05) is 0 Å². The SMILES string of the molecule is CCCCCC(=O)OCCOCC(=O)OC.O=C1CCCCCCCCCCCCCCO1.O=C1COCCO1. The second kappa shape index (κ2) is 29.8. The Morgan fingerprint density at radius 2 is 1.30 bits per heavy atom. The van der Waals surface area contributed by atoms with Gasteiger partial charge in [0.1, 0.15) is 26.4 Å². The number of carbonyl (C=O) groups is 4. The Kier molecular flexibility index (Phi) is 28.1. The maximum Gasteiger partial charge on any atom is 0.332 e. The fourth-order valence-electron chi connectivity index (χ4n) is 3.83. The molecule has 0 bridgehead atoms. The third-order valence-electron chi connectivity index (χ3n) is 6.17. The normalized spacial score (nSPS) is 17.4. The van der Waals surface area contributed by atoms with Gasteiger partial charge >= 0.3 is 23.9 Å². The molecule has 40 heavy (non-hydrogen) atoms. The van der Waals surface area contributed by atoms with Crippen LogP contribution in [0.4, 0.5) is 0 Å². The Balaban J connectivity index is 0.000000615. The number of hydrogen-bond acceptors (Lipinski definition) is 10. The molecule has 0 aliphatic carbocycles. The van der Waals surface area contributed by atoms with E-state index < -0.39 is 5.97 Å². The van der Waals surface area contributed by atoms with Crippen LogP contribution in [-0.4, -0.2) is 77.2 Å². The summed E-state index contributed by atoms with van der Waals surface area (Å²) in [5.41, 5.74) is 0. The zero-order chi connectivity index (χ0) is 29.5. The molecule has 10 heteroatoms. The first-order valence-electron chi connectivity index (χ1n) is 15.2. The van der Waals surface area contributed by atoms with Crippen molar-refractivity contribution in [1.29, 1.82) is 0 Å². The molecular weight excluding hydrogens is 520 g/mol. The van der Waals surface area contributed by atoms with Crippen molar-refractivity contribution in [3.05, 3.63) is 0 Å². The molecule has 0 atom stereocenters. The van der Waals surface area contributed by atoms with Gasteiger partial charge < -0.3 is 28.4 Å². The minimum absolute atomic E-state index is 0.0112. The molecule has 10 nitrogen and oxygen atoms in total. The lowest BCUT2D eigenvalue weighted by atomic mass is 10.0. The third-order valence-corrected chi connectivity index (χ3v) is 6.17. The summed E-state index contributed by atoms with van der Waals surface area (Å²) in [6.07, 6.45) is 19.4. The van der Waals surface area contributed by atoms with Crippen LogP contribution in [0.3, 0.4) is 0 Å². The van der Waals surface area contributed by atoms with Crippen LogP contribution in [0.2, 0.25) is 0 Å². The maximum atomic E-state index is 11.4. The van der Waals surface area contributed by atoms with Gasteiger partial charge in [-0.25, -0.2) is 9.59 Å². The summed E-state index contributed by atoms with van der Waals surface area (Å²) in [6, 6.07) is 0. The van der Waals surface area contributed by atoms with E-state index in [0.29, 0.717) is 32.7 Å². The van der Waals surface area contributed by atoms with Gasteiger partial charge in [-0.1, -0.05) is 84.0 Å². The number of hydrogen-bond donors (Lipinski definition) is 0. The summed E-state index contributed by atoms with van der Waals surface area (Å²) in [4.78, 5) is 43.2. The predicted octanol–water partition coefficient (Wildman–Crippen LogP) is 5.47. The van der Waals surface area contributed by atoms with E-state index in [1.165, 1.54) is 71.3 Å². The summed E-state index contributed by atoms with van der Waals surface area (Å²) in [5, 5.41) is 0. The molecule has 2 rings (SSSR count). The Labute approximate surface area is 241 Å². The minimum atomic E-state index is -0.436. The first-order valence-corrected chi connectivity index (χ1v) is 15.2. The van der Waals surface area contributed by atoms with Crippen molar-refractivity contribution in [3.63, 3.8) is 0 Å². The number of ether oxygens (including phenoxy) is 6. The Morgan fingerprint density at radius 1 is 0.700 bits per heavy atom. The topological polar surface area (TPSA) is 124 Å². The zero-order valence-electron chi connectivity index (χ0n) is 25.1. The van der Waals surface area contributed by atoms with Gasteiger partial charge in [0, 0.05) is 12.8 Å². The molecule has 0 aromatic heterocycles. The van der Waals surface area contributed by atoms with Gasteiger partial charge in [-0.15, -0.1) is 0 Å². The van der Waals surface area contributed by atoms with Crippen LogP contribution in [0, 0.1) is 0 Å². The second-order valence-electron chi connectivity index (χ2n) is 9.79. The van der Waals surface area contributed by atoms with Gasteiger partial charge in [0.25, 0.3) is 0 Å². The van der Waals surface area contributed by atoms with Crippen molar-refractivity contribution < 1.29 is 47.6 Å². The lowest BCUT2D eigenvalue weighted by Crippen LogP contribution is -2.22. The molecule has 234 valence electrons. The number of carbonyl (C=O) groups excluding carboxylic acids is 4. The van der Waals surface area contributed by atoms with Gasteiger partial charge in [-0.05, 0) is 19.3 Å². The first kappa shape index (κ1) is 37.8. The van der Waals surface area contributed by atoms with Crippen LogP contribution in [0.15, 0.2) is 0 Å². The molecular formula is C30H54O10. The van der Waals surface area contributed by atoms with Crippen LogP contribution < -0.4 is 0 Å². The standard InChI is InChI=1S/C15H28O2.C11H20O5.C4H6O3/c16-15-13-11-9-7-5-3-1-2-4-6-8-10-12-14-17-15;1-3-4-5-6-10(12)16-8-7-15-9-11(13)14-2;5-4-3-6-1-2-7-4/h1-14H2;3-9H2,1-2H3;1-3H2. The molecule has 0 N–H and O–H groups in total. The monoisotopic (exact) mass is 574 g/mol. The summed E-state index contributed by atoms with van der Waals surface area (Å²) in [6.45, 7) is 4.09. The highest BCUT2D eigenvalue weighted by Gasteiger charge is 2.07. The van der Waals surface area contributed by atoms with E-state index in [1.54, 1.807) is 0 Å². The highest BCUT2D eigenvalue weighted by molar-refractivity contribution is 5.71. The lowest BCUT2D eigenvalue weighted by molar-refractivity contribution is -0.159. The van der Waals surface area contributed by atoms with Crippen molar-refractivity contribution >= 4 is 23.9 Å². The number of cyclic esters (lactones) is 2. The van der Waals surface area contributed by atoms with Gasteiger partial charge in [0.2, 0.25) is 0 Å². The fourth-order valence-corrected chi connectivity index (χ4v) is 3.83. The van der Waals surface area contributed by atoms with E-state index in [2.05, 4.69) is 16.4 Å². The van der Waals surface area contributed by atoms with Crippen molar-refractivity contribution in [3.8, 4) is 0 Å². The first-order chi connectivity index (χ1) is 19.5. The molecule has 2 aliphatic rings. The number of esters is 4. The Bertz CT molecular complexity index is 612. The quantitative estimate of drug-likeness (QED) is 0.199. The molecule has 0 radical (unpaired) electrons. The number of unbranched alkanes of at least 4 members (excludes halogenated alkanes) is 2. The molecule has 0 amide bonds. The minimum Gasteiger partial charge on any atom is -0.467 e. The van der Waals surface area contributed by atoms with Crippen molar-refractivity contribution in [2.75, 3.05) is 53.4 Å². The summed E-state index contributed by atoms with van der Waals surface area (Å²) >= 11 is 0. The smallest absolute Gasteiger partial charge is 0.332 e.